The molecule has 2 bridgehead atoms. The Balaban J connectivity index is 1.78. The van der Waals surface area contributed by atoms with E-state index in [2.05, 4.69) is 30.5 Å². The summed E-state index contributed by atoms with van der Waals surface area (Å²) >= 11 is 0. The maximum absolute atomic E-state index is 12.4. The Bertz CT molecular complexity index is 783. The van der Waals surface area contributed by atoms with Gasteiger partial charge >= 0.3 is 22.5 Å². The Hall–Kier alpha value is -2.16. The molecule has 0 aromatic carbocycles. The van der Waals surface area contributed by atoms with E-state index in [4.69, 9.17) is 9.39 Å². The largest absolute Gasteiger partial charge is 0.465 e. The number of piperidine rings is 1. The summed E-state index contributed by atoms with van der Waals surface area (Å²) in [7, 11) is -4.86. The third-order valence-corrected chi connectivity index (χ3v) is 5.41. The number of carbonyl (C=O) groups is 3. The lowest BCUT2D eigenvalue weighted by molar-refractivity contribution is -0.139. The van der Waals surface area contributed by atoms with Crippen LogP contribution in [0.25, 0.3) is 0 Å². The number of urea groups is 1. The SMILES string of the molecule is CC(C)(C)CCCN(CCONC(=O)[C@@H]1CC[C@@H]2CN1C(=O)N2OS(=O)(=O)O)C(=O)O. The number of carboxylic acid groups (broad SMARTS) is 1. The average molecular weight is 467 g/mol. The fraction of sp³-hybridized carbons (Fsp3) is 0.824. The highest BCUT2D eigenvalue weighted by Gasteiger charge is 2.49. The Morgan fingerprint density at radius 2 is 1.94 bits per heavy atom. The second-order valence-electron chi connectivity index (χ2n) is 8.76. The minimum absolute atomic E-state index is 0.0606. The van der Waals surface area contributed by atoms with Gasteiger partial charge in [-0.05, 0) is 31.1 Å². The number of nitrogens with one attached hydrogen (secondary N) is 1. The number of hydrogen-bond donors (Lipinski definition) is 3. The van der Waals surface area contributed by atoms with Crippen LogP contribution in [0, 0.1) is 5.41 Å². The van der Waals surface area contributed by atoms with Crippen molar-refractivity contribution in [1.29, 1.82) is 0 Å². The Labute approximate surface area is 181 Å². The topological polar surface area (TPSA) is 166 Å². The van der Waals surface area contributed by atoms with E-state index < -0.39 is 40.5 Å². The molecule has 178 valence electrons. The molecule has 2 heterocycles. The number of hydrogen-bond acceptors (Lipinski definition) is 7. The number of fused-ring (bicyclic) bond motifs is 2. The van der Waals surface area contributed by atoms with Gasteiger partial charge in [-0.2, -0.15) is 13.5 Å². The molecule has 4 amide bonds. The van der Waals surface area contributed by atoms with Crippen LogP contribution >= 0.6 is 0 Å². The van der Waals surface area contributed by atoms with E-state index in [1.54, 1.807) is 0 Å². The number of hydroxylamine groups is 3. The summed E-state index contributed by atoms with van der Waals surface area (Å²) in [5.41, 5.74) is 2.31. The number of amides is 4. The van der Waals surface area contributed by atoms with Gasteiger partial charge in [0.2, 0.25) is 0 Å². The van der Waals surface area contributed by atoms with Crippen molar-refractivity contribution in [3.63, 3.8) is 0 Å². The highest BCUT2D eigenvalue weighted by molar-refractivity contribution is 7.80. The molecular formula is C17H30N4O9S. The number of rotatable bonds is 10. The summed E-state index contributed by atoms with van der Waals surface area (Å²) in [4.78, 5) is 43.5. The van der Waals surface area contributed by atoms with Crippen LogP contribution in [0.2, 0.25) is 0 Å². The van der Waals surface area contributed by atoms with E-state index in [0.717, 1.165) is 11.3 Å². The smallest absolute Gasteiger partial charge is 0.418 e. The molecule has 14 heteroatoms. The molecule has 0 aliphatic carbocycles. The molecule has 2 fully saturated rings. The van der Waals surface area contributed by atoms with Gasteiger partial charge in [0.05, 0.1) is 12.6 Å². The average Bonchev–Trinajstić information content (AvgIpc) is 2.86. The van der Waals surface area contributed by atoms with Crippen molar-refractivity contribution in [2.45, 2.75) is 58.5 Å². The van der Waals surface area contributed by atoms with Crippen LogP contribution in [0.3, 0.4) is 0 Å². The summed E-state index contributed by atoms with van der Waals surface area (Å²) in [6, 6.07) is -2.35. The quantitative estimate of drug-likeness (QED) is 0.240. The maximum atomic E-state index is 12.4. The molecule has 3 N–H and O–H groups in total. The van der Waals surface area contributed by atoms with E-state index in [0.29, 0.717) is 18.0 Å². The van der Waals surface area contributed by atoms with Crippen LogP contribution in [0.4, 0.5) is 9.59 Å². The first-order valence-corrected chi connectivity index (χ1v) is 11.3. The zero-order valence-electron chi connectivity index (χ0n) is 17.8. The molecule has 13 nitrogen and oxygen atoms in total. The fourth-order valence-corrected chi connectivity index (χ4v) is 3.94. The number of carbonyl (C=O) groups excluding carboxylic acids is 2. The minimum Gasteiger partial charge on any atom is -0.465 e. The molecule has 0 unspecified atom stereocenters. The predicted octanol–water partition coefficient (Wildman–Crippen LogP) is 0.844. The fourth-order valence-electron chi connectivity index (χ4n) is 3.55. The third-order valence-electron chi connectivity index (χ3n) is 5.06. The molecule has 0 aromatic heterocycles. The van der Waals surface area contributed by atoms with Gasteiger partial charge in [-0.3, -0.25) is 14.2 Å². The van der Waals surface area contributed by atoms with Crippen LogP contribution in [0.1, 0.15) is 46.5 Å². The molecule has 0 radical (unpaired) electrons. The van der Waals surface area contributed by atoms with Gasteiger partial charge in [-0.1, -0.05) is 20.8 Å². The molecule has 2 rings (SSSR count). The van der Waals surface area contributed by atoms with Crippen molar-refractivity contribution in [1.82, 2.24) is 20.3 Å². The van der Waals surface area contributed by atoms with Gasteiger partial charge in [0, 0.05) is 19.6 Å². The van der Waals surface area contributed by atoms with Crippen molar-refractivity contribution in [2.75, 3.05) is 26.2 Å². The molecule has 2 atom stereocenters. The Kier molecular flexibility index (Phi) is 8.08. The Morgan fingerprint density at radius 1 is 1.26 bits per heavy atom. The van der Waals surface area contributed by atoms with Crippen LogP contribution in [-0.4, -0.2) is 89.3 Å². The van der Waals surface area contributed by atoms with Crippen molar-refractivity contribution >= 4 is 28.4 Å². The predicted molar refractivity (Wildman–Crippen MR) is 106 cm³/mol. The van der Waals surface area contributed by atoms with Gasteiger partial charge in [0.15, 0.2) is 0 Å². The van der Waals surface area contributed by atoms with E-state index in [-0.39, 0.29) is 38.0 Å². The van der Waals surface area contributed by atoms with E-state index in [1.165, 1.54) is 4.90 Å². The Morgan fingerprint density at radius 3 is 2.52 bits per heavy atom. The van der Waals surface area contributed by atoms with E-state index in [9.17, 15) is 27.9 Å². The highest BCUT2D eigenvalue weighted by atomic mass is 32.3. The second-order valence-corrected chi connectivity index (χ2v) is 9.76. The van der Waals surface area contributed by atoms with E-state index in [1.807, 2.05) is 0 Å². The third kappa shape index (κ3) is 7.48. The zero-order valence-corrected chi connectivity index (χ0v) is 18.6. The summed E-state index contributed by atoms with van der Waals surface area (Å²) in [5.74, 6) is -0.616. The molecular weight excluding hydrogens is 436 g/mol. The van der Waals surface area contributed by atoms with Gasteiger partial charge in [0.1, 0.15) is 6.04 Å². The lowest BCUT2D eigenvalue weighted by atomic mass is 9.90. The van der Waals surface area contributed by atoms with Gasteiger partial charge in [0.25, 0.3) is 5.91 Å². The monoisotopic (exact) mass is 466 g/mol. The highest BCUT2D eigenvalue weighted by Crippen LogP contribution is 2.30. The van der Waals surface area contributed by atoms with Crippen LogP contribution in [-0.2, 0) is 24.3 Å². The van der Waals surface area contributed by atoms with Crippen molar-refractivity contribution in [3.05, 3.63) is 0 Å². The molecule has 0 spiro atoms. The first-order valence-electron chi connectivity index (χ1n) is 9.95. The van der Waals surface area contributed by atoms with Crippen LogP contribution in [0.5, 0.6) is 0 Å². The standard InChI is InChI=1S/C17H30N4O9S/c1-17(2,3)7-4-8-19(16(24)25)9-10-29-18-14(22)13-6-5-12-11-20(13)15(23)21(12)30-31(26,27)28/h12-13H,4-11H2,1-3H3,(H,18,22)(H,24,25)(H,26,27,28)/t12-,13+/m1/s1. The second kappa shape index (κ2) is 9.97. The lowest BCUT2D eigenvalue weighted by Gasteiger charge is -2.29. The van der Waals surface area contributed by atoms with E-state index >= 15 is 0 Å². The van der Waals surface area contributed by atoms with Crippen molar-refractivity contribution in [3.8, 4) is 0 Å². The summed E-state index contributed by atoms with van der Waals surface area (Å²) in [5, 5.41) is 9.83. The van der Waals surface area contributed by atoms with Crippen molar-refractivity contribution in [2.24, 2.45) is 5.41 Å². The molecule has 2 aliphatic rings. The molecule has 2 aliphatic heterocycles. The molecule has 31 heavy (non-hydrogen) atoms. The molecule has 0 aromatic rings. The van der Waals surface area contributed by atoms with Gasteiger partial charge in [-0.15, -0.1) is 4.28 Å². The van der Waals surface area contributed by atoms with Gasteiger partial charge in [-0.25, -0.2) is 15.1 Å². The van der Waals surface area contributed by atoms with Crippen molar-refractivity contribution < 1.29 is 41.6 Å². The number of nitrogens with zero attached hydrogens (tertiary/aromatic N) is 3. The molecule has 0 saturated carbocycles. The summed E-state index contributed by atoms with van der Waals surface area (Å²) < 4.78 is 34.9. The zero-order chi connectivity index (χ0) is 23.4. The van der Waals surface area contributed by atoms with Gasteiger partial charge < -0.3 is 14.9 Å². The molecule has 2 saturated heterocycles. The minimum atomic E-state index is -4.86. The summed E-state index contributed by atoms with van der Waals surface area (Å²) in [6.45, 7) is 6.61. The first kappa shape index (κ1) is 25.1. The first-order chi connectivity index (χ1) is 14.3. The van der Waals surface area contributed by atoms with Crippen LogP contribution < -0.4 is 5.48 Å². The summed E-state index contributed by atoms with van der Waals surface area (Å²) in [6.07, 6.45) is 1.01. The normalized spacial score (nSPS) is 21.4. The maximum Gasteiger partial charge on any atom is 0.418 e. The lowest BCUT2D eigenvalue weighted by Crippen LogP contribution is -2.50. The van der Waals surface area contributed by atoms with Crippen LogP contribution in [0.15, 0.2) is 0 Å².